The molecule has 0 aliphatic rings. The summed E-state index contributed by atoms with van der Waals surface area (Å²) in [5, 5.41) is 7.64. The quantitative estimate of drug-likeness (QED) is 0.829. The lowest BCUT2D eigenvalue weighted by Crippen LogP contribution is -2.26. The maximum Gasteiger partial charge on any atom is 0.217 e. The van der Waals surface area contributed by atoms with Crippen LogP contribution in [0.5, 0.6) is 5.88 Å². The first kappa shape index (κ1) is 14.5. The van der Waals surface area contributed by atoms with Gasteiger partial charge in [-0.05, 0) is 19.0 Å². The first-order valence-corrected chi connectivity index (χ1v) is 6.81. The van der Waals surface area contributed by atoms with Gasteiger partial charge in [0.05, 0.1) is 7.11 Å². The normalized spacial score (nSPS) is 12.3. The summed E-state index contributed by atoms with van der Waals surface area (Å²) in [6.45, 7) is 3.08. The number of hydrogen-bond donors (Lipinski definition) is 1. The van der Waals surface area contributed by atoms with Crippen molar-refractivity contribution in [2.75, 3.05) is 13.7 Å². The van der Waals surface area contributed by atoms with Crippen LogP contribution in [0.4, 0.5) is 0 Å². The number of nitrogens with zero attached hydrogens (tertiary/aromatic N) is 4. The molecule has 2 heterocycles. The van der Waals surface area contributed by atoms with E-state index in [-0.39, 0.29) is 6.04 Å². The summed E-state index contributed by atoms with van der Waals surface area (Å²) >= 11 is 0. The van der Waals surface area contributed by atoms with Crippen molar-refractivity contribution in [3.8, 4) is 5.88 Å². The summed E-state index contributed by atoms with van der Waals surface area (Å²) in [7, 11) is 3.55. The largest absolute Gasteiger partial charge is 0.481 e. The van der Waals surface area contributed by atoms with Gasteiger partial charge in [-0.2, -0.15) is 5.10 Å². The Kier molecular flexibility index (Phi) is 5.06. The molecule has 20 heavy (non-hydrogen) atoms. The molecule has 0 aliphatic carbocycles. The van der Waals surface area contributed by atoms with E-state index in [9.17, 15) is 0 Å². The van der Waals surface area contributed by atoms with Crippen LogP contribution in [0.15, 0.2) is 24.7 Å². The molecule has 0 bridgehead atoms. The molecule has 0 radical (unpaired) electrons. The van der Waals surface area contributed by atoms with Crippen molar-refractivity contribution >= 4 is 0 Å². The number of methoxy groups -OCH3 is 1. The van der Waals surface area contributed by atoms with Gasteiger partial charge in [-0.25, -0.2) is 9.97 Å². The van der Waals surface area contributed by atoms with Gasteiger partial charge in [-0.3, -0.25) is 4.68 Å². The molecule has 108 valence electrons. The van der Waals surface area contributed by atoms with Gasteiger partial charge < -0.3 is 10.1 Å². The summed E-state index contributed by atoms with van der Waals surface area (Å²) < 4.78 is 7.16. The average molecular weight is 275 g/mol. The van der Waals surface area contributed by atoms with E-state index >= 15 is 0 Å². The first-order chi connectivity index (χ1) is 9.76. The lowest BCUT2D eigenvalue weighted by Gasteiger charge is -2.20. The topological polar surface area (TPSA) is 64.9 Å². The Balaban J connectivity index is 2.24. The van der Waals surface area contributed by atoms with Crippen LogP contribution < -0.4 is 10.1 Å². The average Bonchev–Trinajstić information content (AvgIpc) is 2.88. The molecule has 0 fully saturated rings. The van der Waals surface area contributed by atoms with Gasteiger partial charge >= 0.3 is 0 Å². The molecule has 2 rings (SSSR count). The lowest BCUT2D eigenvalue weighted by molar-refractivity contribution is 0.380. The van der Waals surface area contributed by atoms with Crippen molar-refractivity contribution in [3.63, 3.8) is 0 Å². The van der Waals surface area contributed by atoms with Gasteiger partial charge in [-0.15, -0.1) is 0 Å². The minimum atomic E-state index is 0.113. The zero-order valence-electron chi connectivity index (χ0n) is 12.2. The van der Waals surface area contributed by atoms with E-state index in [1.54, 1.807) is 24.3 Å². The fourth-order valence-electron chi connectivity index (χ4n) is 2.14. The van der Waals surface area contributed by atoms with Crippen molar-refractivity contribution in [2.45, 2.75) is 25.8 Å². The summed E-state index contributed by atoms with van der Waals surface area (Å²) in [6, 6.07) is 4.08. The first-order valence-electron chi connectivity index (χ1n) is 6.81. The van der Waals surface area contributed by atoms with E-state index in [0.717, 1.165) is 30.8 Å². The van der Waals surface area contributed by atoms with E-state index in [0.29, 0.717) is 5.88 Å². The van der Waals surface area contributed by atoms with Crippen LogP contribution in [-0.4, -0.2) is 33.4 Å². The SMILES string of the molecule is CCCNC(Cc1ncnn1C)c1cccnc1OC. The molecule has 0 saturated carbocycles. The molecule has 6 heteroatoms. The van der Waals surface area contributed by atoms with Crippen LogP contribution in [0, 0.1) is 0 Å². The van der Waals surface area contributed by atoms with E-state index in [1.165, 1.54) is 0 Å². The highest BCUT2D eigenvalue weighted by atomic mass is 16.5. The summed E-state index contributed by atoms with van der Waals surface area (Å²) in [6.07, 6.45) is 5.13. The fraction of sp³-hybridized carbons (Fsp3) is 0.500. The third-order valence-corrected chi connectivity index (χ3v) is 3.20. The van der Waals surface area contributed by atoms with Crippen LogP contribution in [0.2, 0.25) is 0 Å². The molecule has 2 aromatic rings. The summed E-state index contributed by atoms with van der Waals surface area (Å²) in [5.41, 5.74) is 1.05. The Bertz CT molecular complexity index is 540. The molecular formula is C14H21N5O. The zero-order valence-corrected chi connectivity index (χ0v) is 12.2. The van der Waals surface area contributed by atoms with E-state index in [4.69, 9.17) is 4.74 Å². The number of aromatic nitrogens is 4. The lowest BCUT2D eigenvalue weighted by atomic mass is 10.0. The van der Waals surface area contributed by atoms with Crippen molar-refractivity contribution in [2.24, 2.45) is 7.05 Å². The number of hydrogen-bond acceptors (Lipinski definition) is 5. The third kappa shape index (κ3) is 3.33. The smallest absolute Gasteiger partial charge is 0.217 e. The maximum atomic E-state index is 5.36. The molecule has 1 atom stereocenters. The second kappa shape index (κ2) is 7.00. The Morgan fingerprint density at radius 3 is 2.90 bits per heavy atom. The Morgan fingerprint density at radius 2 is 2.25 bits per heavy atom. The minimum absolute atomic E-state index is 0.113. The zero-order chi connectivity index (χ0) is 14.4. The fourth-order valence-corrected chi connectivity index (χ4v) is 2.14. The number of ether oxygens (including phenoxy) is 1. The van der Waals surface area contributed by atoms with Crippen LogP contribution >= 0.6 is 0 Å². The maximum absolute atomic E-state index is 5.36. The predicted molar refractivity (Wildman–Crippen MR) is 76.5 cm³/mol. The van der Waals surface area contributed by atoms with Crippen molar-refractivity contribution in [3.05, 3.63) is 36.0 Å². The minimum Gasteiger partial charge on any atom is -0.481 e. The van der Waals surface area contributed by atoms with Gasteiger partial charge in [0.2, 0.25) is 5.88 Å². The number of pyridine rings is 1. The van der Waals surface area contributed by atoms with Crippen molar-refractivity contribution < 1.29 is 4.74 Å². The summed E-state index contributed by atoms with van der Waals surface area (Å²) in [5.74, 6) is 1.59. The van der Waals surface area contributed by atoms with Gasteiger partial charge in [-0.1, -0.05) is 13.0 Å². The molecule has 1 N–H and O–H groups in total. The Hall–Kier alpha value is -1.95. The molecule has 0 spiro atoms. The van der Waals surface area contributed by atoms with Crippen molar-refractivity contribution in [1.29, 1.82) is 0 Å². The second-order valence-corrected chi connectivity index (χ2v) is 4.61. The van der Waals surface area contributed by atoms with E-state index < -0.39 is 0 Å². The Labute approximate surface area is 119 Å². The van der Waals surface area contributed by atoms with Crippen LogP contribution in [0.3, 0.4) is 0 Å². The van der Waals surface area contributed by atoms with Crippen molar-refractivity contribution in [1.82, 2.24) is 25.1 Å². The number of aryl methyl sites for hydroxylation is 1. The van der Waals surface area contributed by atoms with Gasteiger partial charge in [0.1, 0.15) is 12.2 Å². The van der Waals surface area contributed by atoms with Gasteiger partial charge in [0.25, 0.3) is 0 Å². The van der Waals surface area contributed by atoms with E-state index in [1.807, 2.05) is 19.2 Å². The molecule has 2 aromatic heterocycles. The highest BCUT2D eigenvalue weighted by Gasteiger charge is 2.18. The second-order valence-electron chi connectivity index (χ2n) is 4.61. The molecular weight excluding hydrogens is 254 g/mol. The molecule has 0 aromatic carbocycles. The van der Waals surface area contributed by atoms with Crippen LogP contribution in [0.1, 0.15) is 30.8 Å². The molecule has 0 amide bonds. The van der Waals surface area contributed by atoms with Gasteiger partial charge in [0.15, 0.2) is 0 Å². The Morgan fingerprint density at radius 1 is 1.40 bits per heavy atom. The molecule has 6 nitrogen and oxygen atoms in total. The highest BCUT2D eigenvalue weighted by molar-refractivity contribution is 5.29. The number of rotatable bonds is 7. The van der Waals surface area contributed by atoms with Crippen LogP contribution in [-0.2, 0) is 13.5 Å². The predicted octanol–water partition coefficient (Wildman–Crippen LogP) is 1.50. The van der Waals surface area contributed by atoms with Crippen LogP contribution in [0.25, 0.3) is 0 Å². The monoisotopic (exact) mass is 275 g/mol. The molecule has 0 saturated heterocycles. The molecule has 1 unspecified atom stereocenters. The third-order valence-electron chi connectivity index (χ3n) is 3.20. The standard InChI is InChI=1S/C14H21N5O/c1-4-7-15-12(9-13-17-10-18-19(13)2)11-6-5-8-16-14(11)20-3/h5-6,8,10,12,15H,4,7,9H2,1-3H3. The number of nitrogens with one attached hydrogen (secondary N) is 1. The van der Waals surface area contributed by atoms with Gasteiger partial charge in [0, 0.05) is 31.3 Å². The highest BCUT2D eigenvalue weighted by Crippen LogP contribution is 2.24. The molecule has 0 aliphatic heterocycles. The van der Waals surface area contributed by atoms with E-state index in [2.05, 4.69) is 27.3 Å². The summed E-state index contributed by atoms with van der Waals surface area (Å²) in [4.78, 5) is 8.57.